The number of methoxy groups -OCH3 is 2. The van der Waals surface area contributed by atoms with Crippen molar-refractivity contribution in [3.63, 3.8) is 0 Å². The molecule has 29 heavy (non-hydrogen) atoms. The minimum absolute atomic E-state index is 0.00128. The molecule has 3 rings (SSSR count). The number of nitrogens with zero attached hydrogens (tertiary/aromatic N) is 1. The first-order chi connectivity index (χ1) is 13.9. The molecule has 2 aromatic carbocycles. The van der Waals surface area contributed by atoms with Crippen molar-refractivity contribution in [1.29, 1.82) is 0 Å². The lowest BCUT2D eigenvalue weighted by Gasteiger charge is -2.37. The van der Waals surface area contributed by atoms with Crippen molar-refractivity contribution in [2.75, 3.05) is 33.9 Å². The van der Waals surface area contributed by atoms with Crippen molar-refractivity contribution in [1.82, 2.24) is 9.62 Å². The number of nitrogens with one attached hydrogen (secondary N) is 1. The lowest BCUT2D eigenvalue weighted by atomic mass is 9.96. The summed E-state index contributed by atoms with van der Waals surface area (Å²) in [6.07, 6.45) is 2.26. The zero-order valence-electron chi connectivity index (χ0n) is 17.3. The molecule has 2 aromatic rings. The monoisotopic (exact) mass is 418 g/mol. The van der Waals surface area contributed by atoms with Crippen LogP contribution in [0.5, 0.6) is 11.5 Å². The summed E-state index contributed by atoms with van der Waals surface area (Å²) < 4.78 is 39.1. The third kappa shape index (κ3) is 5.29. The van der Waals surface area contributed by atoms with Crippen molar-refractivity contribution < 1.29 is 17.9 Å². The molecule has 0 saturated carbocycles. The second-order valence-electron chi connectivity index (χ2n) is 7.51. The SMILES string of the molecule is COc1ccc(S(=O)(=O)NCC(c2ccccc2)N2CCC(C)CC2)cc1OC. The van der Waals surface area contributed by atoms with Gasteiger partial charge in [0, 0.05) is 18.7 Å². The molecular formula is C22H30N2O4S. The van der Waals surface area contributed by atoms with E-state index in [1.165, 1.54) is 26.4 Å². The number of rotatable bonds is 8. The van der Waals surface area contributed by atoms with Crippen molar-refractivity contribution >= 4 is 10.0 Å². The van der Waals surface area contributed by atoms with Crippen molar-refractivity contribution in [2.45, 2.75) is 30.7 Å². The largest absolute Gasteiger partial charge is 0.493 e. The topological polar surface area (TPSA) is 67.9 Å². The van der Waals surface area contributed by atoms with Crippen LogP contribution < -0.4 is 14.2 Å². The third-order valence-corrected chi connectivity index (χ3v) is 7.00. The summed E-state index contributed by atoms with van der Waals surface area (Å²) in [5, 5.41) is 0. The Bertz CT molecular complexity index is 894. The molecule has 1 N–H and O–H groups in total. The molecule has 7 heteroatoms. The molecule has 0 bridgehead atoms. The van der Waals surface area contributed by atoms with Gasteiger partial charge >= 0.3 is 0 Å². The molecule has 0 aromatic heterocycles. The van der Waals surface area contributed by atoms with Crippen LogP contribution in [0, 0.1) is 5.92 Å². The van der Waals surface area contributed by atoms with E-state index in [1.807, 2.05) is 18.2 Å². The summed E-state index contributed by atoms with van der Waals surface area (Å²) in [7, 11) is -0.670. The molecule has 1 aliphatic heterocycles. The fourth-order valence-corrected chi connectivity index (χ4v) is 4.78. The zero-order valence-corrected chi connectivity index (χ0v) is 18.1. The maximum Gasteiger partial charge on any atom is 0.240 e. The Hall–Kier alpha value is -2.09. The first-order valence-electron chi connectivity index (χ1n) is 9.95. The number of hydrogen-bond donors (Lipinski definition) is 1. The number of likely N-dealkylation sites (tertiary alicyclic amines) is 1. The number of sulfonamides is 1. The van der Waals surface area contributed by atoms with Crippen LogP contribution in [0.15, 0.2) is 53.4 Å². The molecule has 1 saturated heterocycles. The van der Waals surface area contributed by atoms with E-state index in [9.17, 15) is 8.42 Å². The molecule has 6 nitrogen and oxygen atoms in total. The number of ether oxygens (including phenoxy) is 2. The number of benzene rings is 2. The van der Waals surface area contributed by atoms with Gasteiger partial charge in [0.2, 0.25) is 10.0 Å². The van der Waals surface area contributed by atoms with E-state index in [0.717, 1.165) is 31.5 Å². The first kappa shape index (κ1) is 21.6. The fraction of sp³-hybridized carbons (Fsp3) is 0.455. The van der Waals surface area contributed by atoms with Gasteiger partial charge in [-0.15, -0.1) is 0 Å². The summed E-state index contributed by atoms with van der Waals surface area (Å²) >= 11 is 0. The molecule has 158 valence electrons. The molecule has 0 radical (unpaired) electrons. The molecule has 1 atom stereocenters. The van der Waals surface area contributed by atoms with Gasteiger partial charge in [0.1, 0.15) is 0 Å². The number of hydrogen-bond acceptors (Lipinski definition) is 5. The van der Waals surface area contributed by atoms with Gasteiger partial charge in [0.25, 0.3) is 0 Å². The van der Waals surface area contributed by atoms with E-state index in [2.05, 4.69) is 28.7 Å². The van der Waals surface area contributed by atoms with Gasteiger partial charge in [0.05, 0.1) is 19.1 Å². The van der Waals surface area contributed by atoms with Crippen LogP contribution in [-0.2, 0) is 10.0 Å². The van der Waals surface area contributed by atoms with Gasteiger partial charge in [0.15, 0.2) is 11.5 Å². The average Bonchev–Trinajstić information content (AvgIpc) is 2.75. The van der Waals surface area contributed by atoms with Gasteiger partial charge in [-0.1, -0.05) is 37.3 Å². The van der Waals surface area contributed by atoms with Crippen molar-refractivity contribution in [3.8, 4) is 11.5 Å². The van der Waals surface area contributed by atoms with Crippen LogP contribution in [0.2, 0.25) is 0 Å². The van der Waals surface area contributed by atoms with E-state index in [0.29, 0.717) is 24.0 Å². The summed E-state index contributed by atoms with van der Waals surface area (Å²) in [6, 6.07) is 14.7. The summed E-state index contributed by atoms with van der Waals surface area (Å²) in [5.41, 5.74) is 1.12. The van der Waals surface area contributed by atoms with Gasteiger partial charge < -0.3 is 9.47 Å². The minimum Gasteiger partial charge on any atom is -0.493 e. The first-order valence-corrected chi connectivity index (χ1v) is 11.4. The van der Waals surface area contributed by atoms with Gasteiger partial charge in [-0.25, -0.2) is 13.1 Å². The van der Waals surface area contributed by atoms with Crippen LogP contribution >= 0.6 is 0 Å². The maximum absolute atomic E-state index is 12.9. The predicted molar refractivity (Wildman–Crippen MR) is 114 cm³/mol. The third-order valence-electron chi connectivity index (χ3n) is 5.58. The Balaban J connectivity index is 1.79. The average molecular weight is 419 g/mol. The van der Waals surface area contributed by atoms with Gasteiger partial charge in [-0.3, -0.25) is 4.90 Å². The summed E-state index contributed by atoms with van der Waals surface area (Å²) in [5.74, 6) is 1.60. The lowest BCUT2D eigenvalue weighted by Crippen LogP contribution is -2.41. The summed E-state index contributed by atoms with van der Waals surface area (Å²) in [4.78, 5) is 2.54. The molecule has 0 amide bonds. The minimum atomic E-state index is -3.68. The van der Waals surface area contributed by atoms with Gasteiger partial charge in [-0.2, -0.15) is 0 Å². The standard InChI is InChI=1S/C22H30N2O4S/c1-17-11-13-24(14-12-17)20(18-7-5-4-6-8-18)16-23-29(25,26)19-9-10-21(27-2)22(15-19)28-3/h4-10,15,17,20,23H,11-14,16H2,1-3H3. The van der Waals surface area contributed by atoms with Crippen LogP contribution in [0.1, 0.15) is 31.4 Å². The Morgan fingerprint density at radius 2 is 1.69 bits per heavy atom. The molecule has 0 aliphatic carbocycles. The molecule has 0 spiro atoms. The summed E-state index contributed by atoms with van der Waals surface area (Å²) in [6.45, 7) is 4.53. The Morgan fingerprint density at radius 1 is 1.03 bits per heavy atom. The van der Waals surface area contributed by atoms with Crippen LogP contribution in [0.4, 0.5) is 0 Å². The van der Waals surface area contributed by atoms with E-state index < -0.39 is 10.0 Å². The highest BCUT2D eigenvalue weighted by atomic mass is 32.2. The van der Waals surface area contributed by atoms with Crippen LogP contribution in [0.25, 0.3) is 0 Å². The highest BCUT2D eigenvalue weighted by Crippen LogP contribution is 2.30. The smallest absolute Gasteiger partial charge is 0.240 e. The van der Waals surface area contributed by atoms with Gasteiger partial charge in [-0.05, 0) is 49.5 Å². The highest BCUT2D eigenvalue weighted by Gasteiger charge is 2.26. The van der Waals surface area contributed by atoms with Crippen LogP contribution in [-0.4, -0.2) is 47.2 Å². The van der Waals surface area contributed by atoms with E-state index >= 15 is 0 Å². The molecule has 1 unspecified atom stereocenters. The fourth-order valence-electron chi connectivity index (χ4n) is 3.73. The predicted octanol–water partition coefficient (Wildman–Crippen LogP) is 3.46. The van der Waals surface area contributed by atoms with E-state index in [4.69, 9.17) is 9.47 Å². The quantitative estimate of drug-likeness (QED) is 0.711. The lowest BCUT2D eigenvalue weighted by molar-refractivity contribution is 0.139. The van der Waals surface area contributed by atoms with Crippen molar-refractivity contribution in [2.24, 2.45) is 5.92 Å². The Labute approximate surface area is 173 Å². The normalized spacial score (nSPS) is 17.1. The second-order valence-corrected chi connectivity index (χ2v) is 9.28. The zero-order chi connectivity index (χ0) is 20.9. The second kappa shape index (κ2) is 9.61. The van der Waals surface area contributed by atoms with E-state index in [1.54, 1.807) is 6.07 Å². The van der Waals surface area contributed by atoms with Crippen LogP contribution in [0.3, 0.4) is 0 Å². The van der Waals surface area contributed by atoms with Crippen molar-refractivity contribution in [3.05, 3.63) is 54.1 Å². The maximum atomic E-state index is 12.9. The highest BCUT2D eigenvalue weighted by molar-refractivity contribution is 7.89. The Kier molecular flexibility index (Phi) is 7.16. The van der Waals surface area contributed by atoms with E-state index in [-0.39, 0.29) is 10.9 Å². The molecular weight excluding hydrogens is 388 g/mol. The number of piperidine rings is 1. The molecule has 1 heterocycles. The Morgan fingerprint density at radius 3 is 2.31 bits per heavy atom. The molecule has 1 fully saturated rings. The molecule has 1 aliphatic rings.